The van der Waals surface area contributed by atoms with Crippen molar-refractivity contribution in [3.8, 4) is 0 Å². The van der Waals surface area contributed by atoms with E-state index in [1.807, 2.05) is 38.1 Å². The molecule has 4 N–H and O–H groups in total. The molecule has 2 heterocycles. The van der Waals surface area contributed by atoms with Gasteiger partial charge in [-0.15, -0.1) is 11.3 Å². The summed E-state index contributed by atoms with van der Waals surface area (Å²) in [6, 6.07) is 9.01. The summed E-state index contributed by atoms with van der Waals surface area (Å²) in [5.41, 5.74) is 8.80. The summed E-state index contributed by atoms with van der Waals surface area (Å²) in [5, 5.41) is 3.60. The highest BCUT2D eigenvalue weighted by Crippen LogP contribution is 2.34. The number of carbonyl (C=O) groups is 1. The highest BCUT2D eigenvalue weighted by molar-refractivity contribution is 7.21. The summed E-state index contributed by atoms with van der Waals surface area (Å²) in [6.07, 6.45) is 0. The first-order valence-corrected chi connectivity index (χ1v) is 7.58. The van der Waals surface area contributed by atoms with E-state index in [0.717, 1.165) is 22.2 Å². The number of H-pyrrole nitrogens is 1. The first kappa shape index (κ1) is 14.3. The Balaban J connectivity index is 2.05. The Kier molecular flexibility index (Phi) is 3.46. The minimum Gasteiger partial charge on any atom is -0.397 e. The van der Waals surface area contributed by atoms with Crippen molar-refractivity contribution in [3.05, 3.63) is 56.7 Å². The van der Waals surface area contributed by atoms with Crippen LogP contribution >= 0.6 is 11.3 Å². The molecule has 22 heavy (non-hydrogen) atoms. The van der Waals surface area contributed by atoms with E-state index in [1.54, 1.807) is 0 Å². The average Bonchev–Trinajstić information content (AvgIpc) is 2.78. The molecule has 1 aromatic carbocycles. The highest BCUT2D eigenvalue weighted by Gasteiger charge is 2.19. The molecule has 0 radical (unpaired) electrons. The number of amides is 1. The molecule has 0 aliphatic heterocycles. The predicted octanol–water partition coefficient (Wildman–Crippen LogP) is 3.04. The van der Waals surface area contributed by atoms with Crippen molar-refractivity contribution in [1.82, 2.24) is 4.98 Å². The van der Waals surface area contributed by atoms with Crippen molar-refractivity contribution in [2.75, 3.05) is 11.1 Å². The number of hydrogen-bond acceptors (Lipinski definition) is 4. The van der Waals surface area contributed by atoms with Gasteiger partial charge in [0.05, 0.1) is 5.69 Å². The van der Waals surface area contributed by atoms with Gasteiger partial charge in [-0.2, -0.15) is 0 Å². The van der Waals surface area contributed by atoms with Crippen molar-refractivity contribution in [2.24, 2.45) is 0 Å². The minimum absolute atomic E-state index is 0.197. The van der Waals surface area contributed by atoms with Crippen LogP contribution in [0.25, 0.3) is 10.2 Å². The second-order valence-corrected chi connectivity index (χ2v) is 6.16. The van der Waals surface area contributed by atoms with Crippen molar-refractivity contribution >= 4 is 38.8 Å². The lowest BCUT2D eigenvalue weighted by atomic mass is 10.1. The fourth-order valence-corrected chi connectivity index (χ4v) is 3.49. The summed E-state index contributed by atoms with van der Waals surface area (Å²) in [7, 11) is 0. The topological polar surface area (TPSA) is 88.0 Å². The molecule has 0 aliphatic carbocycles. The normalized spacial score (nSPS) is 10.8. The van der Waals surface area contributed by atoms with E-state index < -0.39 is 0 Å². The van der Waals surface area contributed by atoms with Gasteiger partial charge in [-0.1, -0.05) is 18.2 Å². The van der Waals surface area contributed by atoms with Crippen LogP contribution < -0.4 is 16.6 Å². The Labute approximate surface area is 130 Å². The van der Waals surface area contributed by atoms with E-state index in [9.17, 15) is 9.59 Å². The monoisotopic (exact) mass is 313 g/mol. The van der Waals surface area contributed by atoms with Gasteiger partial charge in [-0.25, -0.2) is 0 Å². The number of nitrogen functional groups attached to an aromatic ring is 1. The van der Waals surface area contributed by atoms with Crippen LogP contribution in [0.15, 0.2) is 35.1 Å². The summed E-state index contributed by atoms with van der Waals surface area (Å²) in [6.45, 7) is 3.73. The number of hydrogen-bond donors (Lipinski definition) is 3. The molecular weight excluding hydrogens is 298 g/mol. The molecule has 2 aromatic heterocycles. The number of nitrogens with one attached hydrogen (secondary N) is 2. The molecule has 0 aliphatic rings. The molecule has 6 heteroatoms. The molecule has 3 aromatic rings. The molecule has 0 unspecified atom stereocenters. The van der Waals surface area contributed by atoms with Gasteiger partial charge in [0.15, 0.2) is 0 Å². The van der Waals surface area contributed by atoms with Crippen molar-refractivity contribution in [3.63, 3.8) is 0 Å². The number of para-hydroxylation sites is 1. The number of anilines is 2. The maximum absolute atomic E-state index is 12.5. The summed E-state index contributed by atoms with van der Waals surface area (Å²) in [4.78, 5) is 27.8. The maximum atomic E-state index is 12.5. The van der Waals surface area contributed by atoms with Gasteiger partial charge in [-0.3, -0.25) is 9.59 Å². The van der Waals surface area contributed by atoms with E-state index in [2.05, 4.69) is 10.3 Å². The lowest BCUT2D eigenvalue weighted by Gasteiger charge is -2.07. The third-order valence-corrected chi connectivity index (χ3v) is 4.64. The first-order valence-electron chi connectivity index (χ1n) is 6.76. The summed E-state index contributed by atoms with van der Waals surface area (Å²) < 4.78 is 0. The van der Waals surface area contributed by atoms with Gasteiger partial charge in [0.2, 0.25) is 5.56 Å². The van der Waals surface area contributed by atoms with Crippen LogP contribution in [0.4, 0.5) is 11.4 Å². The van der Waals surface area contributed by atoms with Crippen molar-refractivity contribution < 1.29 is 4.79 Å². The van der Waals surface area contributed by atoms with Crippen LogP contribution in [0.2, 0.25) is 0 Å². The zero-order valence-corrected chi connectivity index (χ0v) is 13.0. The highest BCUT2D eigenvalue weighted by atomic mass is 32.1. The number of rotatable bonds is 2. The van der Waals surface area contributed by atoms with E-state index >= 15 is 0 Å². The molecule has 0 spiro atoms. The molecule has 0 fully saturated rings. The number of aromatic amines is 1. The zero-order valence-electron chi connectivity index (χ0n) is 12.2. The van der Waals surface area contributed by atoms with Crippen molar-refractivity contribution in [2.45, 2.75) is 13.8 Å². The minimum atomic E-state index is -0.270. The largest absolute Gasteiger partial charge is 0.397 e. The molecule has 1 amide bonds. The smallest absolute Gasteiger partial charge is 0.267 e. The number of carbonyl (C=O) groups excluding carboxylic acids is 1. The number of pyridine rings is 1. The fourth-order valence-electron chi connectivity index (χ4n) is 2.40. The average molecular weight is 313 g/mol. The molecule has 112 valence electrons. The van der Waals surface area contributed by atoms with Gasteiger partial charge in [0, 0.05) is 17.1 Å². The number of fused-ring (bicyclic) bond motifs is 1. The second kappa shape index (κ2) is 5.31. The molecule has 0 bridgehead atoms. The van der Waals surface area contributed by atoms with E-state index in [0.29, 0.717) is 15.4 Å². The molecular formula is C16H15N3O2S. The molecule has 0 atom stereocenters. The summed E-state index contributed by atoms with van der Waals surface area (Å²) in [5.74, 6) is -0.270. The molecule has 3 rings (SSSR count). The van der Waals surface area contributed by atoms with Gasteiger partial charge in [-0.05, 0) is 31.0 Å². The lowest BCUT2D eigenvalue weighted by molar-refractivity contribution is 0.103. The number of thiophene rings is 1. The standard InChI is InChI=1S/C16H15N3O2S/c1-8-5-3-4-6-10(8)18-15(21)14-13(17)12-9(2)7-11(20)19-16(12)22-14/h3-7H,17H2,1-2H3,(H,18,21)(H,19,20). The third kappa shape index (κ3) is 2.37. The van der Waals surface area contributed by atoms with Crippen LogP contribution in [0.5, 0.6) is 0 Å². The van der Waals surface area contributed by atoms with Gasteiger partial charge < -0.3 is 16.0 Å². The van der Waals surface area contributed by atoms with Crippen LogP contribution in [0.1, 0.15) is 20.8 Å². The quantitative estimate of drug-likeness (QED) is 0.679. The van der Waals surface area contributed by atoms with Crippen LogP contribution in [-0.4, -0.2) is 10.9 Å². The Morgan fingerprint density at radius 2 is 1.95 bits per heavy atom. The molecule has 0 saturated heterocycles. The first-order chi connectivity index (χ1) is 10.5. The van der Waals surface area contributed by atoms with E-state index in [1.165, 1.54) is 17.4 Å². The van der Waals surface area contributed by atoms with Crippen LogP contribution in [-0.2, 0) is 0 Å². The number of benzene rings is 1. The second-order valence-electron chi connectivity index (χ2n) is 5.13. The van der Waals surface area contributed by atoms with Crippen molar-refractivity contribution in [1.29, 1.82) is 0 Å². The third-order valence-electron chi connectivity index (χ3n) is 3.52. The number of aryl methyl sites for hydroxylation is 2. The Bertz CT molecular complexity index is 940. The van der Waals surface area contributed by atoms with Gasteiger partial charge in [0.1, 0.15) is 9.71 Å². The lowest BCUT2D eigenvalue weighted by Crippen LogP contribution is -2.12. The molecule has 5 nitrogen and oxygen atoms in total. The Morgan fingerprint density at radius 3 is 2.68 bits per heavy atom. The van der Waals surface area contributed by atoms with Crippen LogP contribution in [0, 0.1) is 13.8 Å². The zero-order chi connectivity index (χ0) is 15.9. The van der Waals surface area contributed by atoms with E-state index in [4.69, 9.17) is 5.73 Å². The van der Waals surface area contributed by atoms with Gasteiger partial charge >= 0.3 is 0 Å². The Morgan fingerprint density at radius 1 is 1.23 bits per heavy atom. The summed E-state index contributed by atoms with van der Waals surface area (Å²) >= 11 is 1.19. The maximum Gasteiger partial charge on any atom is 0.267 e. The van der Waals surface area contributed by atoms with Crippen LogP contribution in [0.3, 0.4) is 0 Å². The number of nitrogens with two attached hydrogens (primary N) is 1. The Hall–Kier alpha value is -2.60. The predicted molar refractivity (Wildman–Crippen MR) is 90.7 cm³/mol. The van der Waals surface area contributed by atoms with Gasteiger partial charge in [0.25, 0.3) is 5.91 Å². The van der Waals surface area contributed by atoms with E-state index in [-0.39, 0.29) is 11.5 Å². The molecule has 0 saturated carbocycles. The SMILES string of the molecule is Cc1ccccc1NC(=O)c1sc2[nH]c(=O)cc(C)c2c1N. The fraction of sp³-hybridized carbons (Fsp3) is 0.125. The number of aromatic nitrogens is 1.